The quantitative estimate of drug-likeness (QED) is 0.517. The molecule has 0 nitrogen and oxygen atoms in total. The summed E-state index contributed by atoms with van der Waals surface area (Å²) in [6.07, 6.45) is 19.5. The zero-order valence-electron chi connectivity index (χ0n) is 13.5. The maximum atomic E-state index is 2.54. The van der Waals surface area contributed by atoms with Crippen molar-refractivity contribution in [2.24, 2.45) is 23.2 Å². The van der Waals surface area contributed by atoms with Gasteiger partial charge in [-0.2, -0.15) is 0 Å². The average Bonchev–Trinajstić information content (AvgIpc) is 2.41. The Bertz CT molecular complexity index is 272. The van der Waals surface area contributed by atoms with Crippen molar-refractivity contribution in [3.8, 4) is 0 Å². The van der Waals surface area contributed by atoms with Crippen LogP contribution in [-0.4, -0.2) is 0 Å². The average molecular weight is 262 g/mol. The predicted octanol–water partition coefficient (Wildman–Crippen LogP) is 6.37. The van der Waals surface area contributed by atoms with Gasteiger partial charge in [-0.1, -0.05) is 32.4 Å². The predicted molar refractivity (Wildman–Crippen MR) is 85.2 cm³/mol. The van der Waals surface area contributed by atoms with E-state index in [2.05, 4.69) is 32.9 Å². The van der Waals surface area contributed by atoms with Gasteiger partial charge in [-0.25, -0.2) is 0 Å². The van der Waals surface area contributed by atoms with Gasteiger partial charge < -0.3 is 0 Å². The van der Waals surface area contributed by atoms with Crippen LogP contribution in [0.4, 0.5) is 0 Å². The molecule has 0 aromatic heterocycles. The highest BCUT2D eigenvalue weighted by Crippen LogP contribution is 2.47. The highest BCUT2D eigenvalue weighted by Gasteiger charge is 2.34. The van der Waals surface area contributed by atoms with Crippen molar-refractivity contribution in [2.75, 3.05) is 0 Å². The van der Waals surface area contributed by atoms with Crippen LogP contribution in [0.3, 0.4) is 0 Å². The van der Waals surface area contributed by atoms with Gasteiger partial charge in [0.2, 0.25) is 0 Å². The van der Waals surface area contributed by atoms with E-state index in [4.69, 9.17) is 0 Å². The summed E-state index contributed by atoms with van der Waals surface area (Å²) in [5, 5.41) is 0. The normalized spacial score (nSPS) is 40.7. The van der Waals surface area contributed by atoms with E-state index in [1.54, 1.807) is 0 Å². The van der Waals surface area contributed by atoms with Gasteiger partial charge in [-0.15, -0.1) is 0 Å². The molecule has 2 rings (SSSR count). The summed E-state index contributed by atoms with van der Waals surface area (Å²) >= 11 is 0. The number of hydrogen-bond donors (Lipinski definition) is 0. The van der Waals surface area contributed by atoms with Crippen LogP contribution in [0.1, 0.15) is 85.0 Å². The fourth-order valence-electron chi connectivity index (χ4n) is 4.74. The molecule has 0 radical (unpaired) electrons. The zero-order valence-corrected chi connectivity index (χ0v) is 13.5. The van der Waals surface area contributed by atoms with Crippen LogP contribution in [0.25, 0.3) is 0 Å². The number of hydrogen-bond acceptors (Lipinski definition) is 0. The smallest absolute Gasteiger partial charge is 0.0233 e. The molecule has 0 saturated heterocycles. The highest BCUT2D eigenvalue weighted by atomic mass is 14.4. The van der Waals surface area contributed by atoms with Gasteiger partial charge in [0.1, 0.15) is 0 Å². The van der Waals surface area contributed by atoms with Crippen LogP contribution >= 0.6 is 0 Å². The molecule has 0 aromatic rings. The lowest BCUT2D eigenvalue weighted by Crippen LogP contribution is -2.29. The number of rotatable bonds is 4. The maximum Gasteiger partial charge on any atom is -0.0233 e. The Hall–Kier alpha value is -0.260. The van der Waals surface area contributed by atoms with Gasteiger partial charge in [0, 0.05) is 0 Å². The zero-order chi connectivity index (χ0) is 13.7. The first kappa shape index (κ1) is 15.1. The molecule has 0 N–H and O–H groups in total. The highest BCUT2D eigenvalue weighted by molar-refractivity contribution is 4.91. The van der Waals surface area contributed by atoms with Gasteiger partial charge in [0.15, 0.2) is 0 Å². The summed E-state index contributed by atoms with van der Waals surface area (Å²) in [6.45, 7) is 7.05. The minimum absolute atomic E-state index is 0.688. The fraction of sp³-hybridized carbons (Fsp3) is 0.895. The third kappa shape index (κ3) is 4.10. The Morgan fingerprint density at radius 3 is 2.05 bits per heavy atom. The van der Waals surface area contributed by atoms with Crippen LogP contribution in [0, 0.1) is 23.2 Å². The van der Waals surface area contributed by atoms with Crippen molar-refractivity contribution >= 4 is 0 Å². The molecule has 0 amide bonds. The summed E-state index contributed by atoms with van der Waals surface area (Å²) in [5.74, 6) is 3.03. The molecular weight excluding hydrogens is 228 g/mol. The Morgan fingerprint density at radius 1 is 0.947 bits per heavy atom. The molecule has 0 aliphatic heterocycles. The summed E-state index contributed by atoms with van der Waals surface area (Å²) < 4.78 is 0. The van der Waals surface area contributed by atoms with Crippen molar-refractivity contribution in [1.82, 2.24) is 0 Å². The lowest BCUT2D eigenvalue weighted by atomic mass is 9.64. The summed E-state index contributed by atoms with van der Waals surface area (Å²) in [6, 6.07) is 0. The van der Waals surface area contributed by atoms with Crippen molar-refractivity contribution in [1.29, 1.82) is 0 Å². The molecule has 0 heterocycles. The van der Waals surface area contributed by atoms with E-state index in [1.807, 2.05) is 0 Å². The second-order valence-corrected chi connectivity index (χ2v) is 7.60. The van der Waals surface area contributed by atoms with E-state index in [1.165, 1.54) is 64.2 Å². The SMILES string of the molecule is C/C=C/C1CCC(C2CCC(C)(CCC)CC2)CC1. The molecule has 0 unspecified atom stereocenters. The molecule has 0 bridgehead atoms. The van der Waals surface area contributed by atoms with Crippen molar-refractivity contribution in [3.63, 3.8) is 0 Å². The van der Waals surface area contributed by atoms with Gasteiger partial charge in [0.05, 0.1) is 0 Å². The third-order valence-electron chi connectivity index (χ3n) is 6.04. The van der Waals surface area contributed by atoms with E-state index in [0.29, 0.717) is 5.41 Å². The van der Waals surface area contributed by atoms with Gasteiger partial charge in [-0.05, 0) is 87.9 Å². The fourth-order valence-corrected chi connectivity index (χ4v) is 4.74. The van der Waals surface area contributed by atoms with Crippen LogP contribution < -0.4 is 0 Å². The van der Waals surface area contributed by atoms with E-state index in [-0.39, 0.29) is 0 Å². The molecule has 0 heteroatoms. The molecule has 19 heavy (non-hydrogen) atoms. The lowest BCUT2D eigenvalue weighted by Gasteiger charge is -2.42. The first-order valence-electron chi connectivity index (χ1n) is 8.79. The molecular formula is C19H34. The van der Waals surface area contributed by atoms with E-state index < -0.39 is 0 Å². The van der Waals surface area contributed by atoms with Gasteiger partial charge >= 0.3 is 0 Å². The lowest BCUT2D eigenvalue weighted by molar-refractivity contribution is 0.102. The molecule has 0 spiro atoms. The van der Waals surface area contributed by atoms with Crippen LogP contribution in [0.15, 0.2) is 12.2 Å². The maximum absolute atomic E-state index is 2.54. The monoisotopic (exact) mass is 262 g/mol. The molecule has 2 aliphatic carbocycles. The Kier molecular flexibility index (Phi) is 5.54. The molecule has 2 saturated carbocycles. The third-order valence-corrected chi connectivity index (χ3v) is 6.04. The molecule has 0 atom stereocenters. The van der Waals surface area contributed by atoms with Crippen molar-refractivity contribution in [2.45, 2.75) is 85.0 Å². The van der Waals surface area contributed by atoms with Crippen LogP contribution in [-0.2, 0) is 0 Å². The van der Waals surface area contributed by atoms with Crippen LogP contribution in [0.5, 0.6) is 0 Å². The molecule has 110 valence electrons. The first-order chi connectivity index (χ1) is 9.17. The minimum Gasteiger partial charge on any atom is -0.0914 e. The molecule has 2 aliphatic rings. The topological polar surface area (TPSA) is 0 Å². The second-order valence-electron chi connectivity index (χ2n) is 7.60. The summed E-state index contributed by atoms with van der Waals surface area (Å²) in [4.78, 5) is 0. The minimum atomic E-state index is 0.688. The standard InChI is InChI=1S/C19H34/c1-4-6-16-7-9-17(10-8-16)18-11-14-19(3,13-5-2)15-12-18/h4,6,16-18H,5,7-15H2,1-3H3/b6-4+. The Labute approximate surface area is 121 Å². The number of allylic oxidation sites excluding steroid dienone is 2. The largest absolute Gasteiger partial charge is 0.0914 e. The van der Waals surface area contributed by atoms with E-state index >= 15 is 0 Å². The van der Waals surface area contributed by atoms with Crippen LogP contribution in [0.2, 0.25) is 0 Å². The second kappa shape index (κ2) is 6.95. The van der Waals surface area contributed by atoms with E-state index in [0.717, 1.165) is 17.8 Å². The first-order valence-corrected chi connectivity index (χ1v) is 8.79. The summed E-state index contributed by atoms with van der Waals surface area (Å²) in [7, 11) is 0. The molecule has 2 fully saturated rings. The molecule has 0 aromatic carbocycles. The summed E-state index contributed by atoms with van der Waals surface area (Å²) in [5.41, 5.74) is 0.688. The Morgan fingerprint density at radius 2 is 1.53 bits per heavy atom. The van der Waals surface area contributed by atoms with Crippen molar-refractivity contribution in [3.05, 3.63) is 12.2 Å². The van der Waals surface area contributed by atoms with E-state index in [9.17, 15) is 0 Å². The van der Waals surface area contributed by atoms with Gasteiger partial charge in [-0.3, -0.25) is 0 Å². The van der Waals surface area contributed by atoms with Gasteiger partial charge in [0.25, 0.3) is 0 Å². The van der Waals surface area contributed by atoms with Crippen molar-refractivity contribution < 1.29 is 0 Å². The Balaban J connectivity index is 1.76.